The number of benzene rings is 2. The summed E-state index contributed by atoms with van der Waals surface area (Å²) in [5, 5.41) is 5.88. The van der Waals surface area contributed by atoms with E-state index in [0.717, 1.165) is 5.56 Å². The number of methoxy groups -OCH3 is 2. The average Bonchev–Trinajstić information content (AvgIpc) is 2.92. The highest BCUT2D eigenvalue weighted by Crippen LogP contribution is 2.30. The topological polar surface area (TPSA) is 180 Å². The van der Waals surface area contributed by atoms with Gasteiger partial charge in [-0.15, -0.1) is 0 Å². The van der Waals surface area contributed by atoms with E-state index in [0.29, 0.717) is 28.0 Å². The summed E-state index contributed by atoms with van der Waals surface area (Å²) in [6.07, 6.45) is -0.341. The minimum atomic E-state index is -3.83. The summed E-state index contributed by atoms with van der Waals surface area (Å²) in [6, 6.07) is 6.35. The van der Waals surface area contributed by atoms with Gasteiger partial charge in [0.05, 0.1) is 32.1 Å². The predicted octanol–water partition coefficient (Wildman–Crippen LogP) is 2.17. The zero-order valence-electron chi connectivity index (χ0n) is 22.9. The van der Waals surface area contributed by atoms with Crippen LogP contribution in [0.15, 0.2) is 40.3 Å². The van der Waals surface area contributed by atoms with E-state index in [1.165, 1.54) is 19.1 Å². The van der Waals surface area contributed by atoms with Crippen LogP contribution in [0.5, 0.6) is 5.75 Å². The molecule has 1 saturated heterocycles. The lowest BCUT2D eigenvalue weighted by Gasteiger charge is -2.38. The lowest BCUT2D eigenvalue weighted by atomic mass is 10.0. The van der Waals surface area contributed by atoms with Gasteiger partial charge >= 0.3 is 5.97 Å². The number of nitrogens with zero attached hydrogens (tertiary/aromatic N) is 4. The second-order valence-corrected chi connectivity index (χ2v) is 11.1. The molecule has 0 saturated carbocycles. The molecule has 14 heteroatoms. The molecule has 0 spiro atoms. The van der Waals surface area contributed by atoms with Crippen LogP contribution in [-0.2, 0) is 42.2 Å². The van der Waals surface area contributed by atoms with Gasteiger partial charge in [0.25, 0.3) is 0 Å². The number of rotatable bonds is 11. The molecule has 0 unspecified atom stereocenters. The summed E-state index contributed by atoms with van der Waals surface area (Å²) < 4.78 is 38.9. The smallest absolute Gasteiger partial charge is 0.308 e. The molecule has 2 N–H and O–H groups in total. The number of piperazine rings is 1. The van der Waals surface area contributed by atoms with Gasteiger partial charge in [0.2, 0.25) is 21.8 Å². The Kier molecular flexibility index (Phi) is 9.74. The Morgan fingerprint density at radius 1 is 1.12 bits per heavy atom. The quantitative estimate of drug-likeness (QED) is 0.179. The van der Waals surface area contributed by atoms with Gasteiger partial charge in [-0.1, -0.05) is 29.4 Å². The number of carbonyl (C=O) groups excluding carboxylic acids is 3. The highest BCUT2D eigenvalue weighted by molar-refractivity contribution is 7.89. The molecule has 0 bridgehead atoms. The molecular formula is C26H32N6O7S. The van der Waals surface area contributed by atoms with Gasteiger partial charge in [-0.05, 0) is 60.2 Å². The Hall–Kier alpha value is -4.13. The molecule has 0 aromatic heterocycles. The molecular weight excluding hydrogens is 540 g/mol. The number of carbonyl (C=O) groups is 3. The van der Waals surface area contributed by atoms with E-state index in [9.17, 15) is 22.8 Å². The number of amides is 2. The maximum Gasteiger partial charge on any atom is 0.308 e. The summed E-state index contributed by atoms with van der Waals surface area (Å²) in [5.74, 6) is -1.11. The summed E-state index contributed by atoms with van der Waals surface area (Å²) in [4.78, 5) is 41.8. The molecule has 1 heterocycles. The Morgan fingerprint density at radius 3 is 2.38 bits per heavy atom. The second-order valence-electron chi connectivity index (χ2n) is 9.35. The van der Waals surface area contributed by atoms with Crippen molar-refractivity contribution in [3.8, 4) is 5.75 Å². The van der Waals surface area contributed by atoms with Gasteiger partial charge in [0.1, 0.15) is 17.8 Å². The molecule has 1 aliphatic rings. The first kappa shape index (κ1) is 30.4. The van der Waals surface area contributed by atoms with Gasteiger partial charge in [-0.3, -0.25) is 14.4 Å². The first-order chi connectivity index (χ1) is 18.9. The fourth-order valence-corrected chi connectivity index (χ4v) is 6.10. The Labute approximate surface area is 232 Å². The van der Waals surface area contributed by atoms with Crippen molar-refractivity contribution in [2.75, 3.05) is 20.8 Å². The van der Waals surface area contributed by atoms with Crippen molar-refractivity contribution in [1.29, 1.82) is 0 Å². The van der Waals surface area contributed by atoms with E-state index in [1.807, 2.05) is 0 Å². The van der Waals surface area contributed by atoms with Crippen LogP contribution < -0.4 is 14.8 Å². The van der Waals surface area contributed by atoms with Crippen LogP contribution in [-0.4, -0.2) is 63.9 Å². The molecule has 214 valence electrons. The number of hydrogen-bond donors (Lipinski definition) is 2. The van der Waals surface area contributed by atoms with Crippen molar-refractivity contribution in [3.63, 3.8) is 0 Å². The number of hydrogen-bond acceptors (Lipinski definition) is 8. The number of ether oxygens (including phenoxy) is 2. The fourth-order valence-electron chi connectivity index (χ4n) is 4.56. The highest BCUT2D eigenvalue weighted by atomic mass is 32.2. The molecule has 1 fully saturated rings. The zero-order valence-corrected chi connectivity index (χ0v) is 23.7. The Morgan fingerprint density at radius 2 is 1.77 bits per heavy atom. The average molecular weight is 573 g/mol. The van der Waals surface area contributed by atoms with Crippen LogP contribution in [0.4, 0.5) is 0 Å². The van der Waals surface area contributed by atoms with E-state index in [-0.39, 0.29) is 31.0 Å². The van der Waals surface area contributed by atoms with Crippen LogP contribution in [0.2, 0.25) is 0 Å². The largest absolute Gasteiger partial charge is 0.496 e. The van der Waals surface area contributed by atoms with Crippen molar-refractivity contribution < 1.29 is 32.3 Å². The molecule has 2 aromatic carbocycles. The summed E-state index contributed by atoms with van der Waals surface area (Å²) >= 11 is 0. The van der Waals surface area contributed by atoms with Gasteiger partial charge < -0.3 is 19.7 Å². The number of sulfonamides is 1. The third-order valence-corrected chi connectivity index (χ3v) is 8.49. The highest BCUT2D eigenvalue weighted by Gasteiger charge is 2.41. The molecule has 3 rings (SSSR count). The third kappa shape index (κ3) is 6.71. The molecule has 40 heavy (non-hydrogen) atoms. The molecule has 0 radical (unpaired) electrons. The van der Waals surface area contributed by atoms with Crippen molar-refractivity contribution >= 4 is 27.8 Å². The summed E-state index contributed by atoms with van der Waals surface area (Å²) in [6.45, 7) is 5.00. The third-order valence-electron chi connectivity index (χ3n) is 6.80. The fraction of sp³-hybridized carbons (Fsp3) is 0.423. The lowest BCUT2D eigenvalue weighted by Crippen LogP contribution is -2.64. The maximum absolute atomic E-state index is 13.1. The maximum atomic E-state index is 13.1. The van der Waals surface area contributed by atoms with E-state index >= 15 is 0 Å². The molecule has 2 aromatic rings. The lowest BCUT2D eigenvalue weighted by molar-refractivity contribution is -0.154. The molecule has 13 nitrogen and oxygen atoms in total. The summed E-state index contributed by atoms with van der Waals surface area (Å²) in [7, 11) is -1.11. The van der Waals surface area contributed by atoms with Gasteiger partial charge in [0.15, 0.2) is 0 Å². The number of aryl methyl sites for hydroxylation is 1. The van der Waals surface area contributed by atoms with Crippen molar-refractivity contribution in [2.24, 2.45) is 5.11 Å². The van der Waals surface area contributed by atoms with Crippen LogP contribution in [0.1, 0.15) is 34.2 Å². The molecule has 2 atom stereocenters. The molecule has 0 aliphatic carbocycles. The number of esters is 1. The minimum absolute atomic E-state index is 0.00377. The van der Waals surface area contributed by atoms with Crippen molar-refractivity contribution in [3.05, 3.63) is 68.6 Å². The summed E-state index contributed by atoms with van der Waals surface area (Å²) in [5.41, 5.74) is 11.8. The van der Waals surface area contributed by atoms with E-state index in [1.54, 1.807) is 51.1 Å². The van der Waals surface area contributed by atoms with Crippen LogP contribution in [0, 0.1) is 20.8 Å². The first-order valence-corrected chi connectivity index (χ1v) is 13.8. The molecule has 1 aliphatic heterocycles. The van der Waals surface area contributed by atoms with Crippen LogP contribution in [0.25, 0.3) is 10.4 Å². The normalized spacial score (nSPS) is 17.2. The SMILES string of the molecule is COC(=O)C[C@H]1C(=O)N[C@H](CN=[N+]=[N-])C(=O)N1Cc1ccc(CNS(=O)(=O)c2c(C)cc(OC)c(C)c2C)cc1. The van der Waals surface area contributed by atoms with Gasteiger partial charge in [-0.2, -0.15) is 0 Å². The van der Waals surface area contributed by atoms with E-state index in [2.05, 4.69) is 24.8 Å². The van der Waals surface area contributed by atoms with Crippen molar-refractivity contribution in [2.45, 2.75) is 57.3 Å². The Balaban J connectivity index is 1.77. The number of nitrogens with one attached hydrogen (secondary N) is 2. The van der Waals surface area contributed by atoms with Crippen LogP contribution in [0.3, 0.4) is 0 Å². The van der Waals surface area contributed by atoms with Crippen LogP contribution >= 0.6 is 0 Å². The van der Waals surface area contributed by atoms with Gasteiger partial charge in [0, 0.05) is 18.0 Å². The first-order valence-electron chi connectivity index (χ1n) is 12.3. The van der Waals surface area contributed by atoms with Crippen molar-refractivity contribution in [1.82, 2.24) is 14.9 Å². The van der Waals surface area contributed by atoms with E-state index in [4.69, 9.17) is 10.3 Å². The predicted molar refractivity (Wildman–Crippen MR) is 145 cm³/mol. The molecule has 2 amide bonds. The number of azide groups is 1. The minimum Gasteiger partial charge on any atom is -0.496 e. The standard InChI is InChI=1S/C26H32N6O7S/c1-15-10-22(38-4)16(2)17(3)24(15)40(36,37)29-12-18-6-8-19(9-7-18)14-32-21(11-23(33)39-5)25(34)30-20(26(32)35)13-28-31-27/h6-10,20-21,29H,11-14H2,1-5H3,(H,30,34)/t20-,21+/m1/s1. The van der Waals surface area contributed by atoms with E-state index < -0.39 is 39.9 Å². The monoisotopic (exact) mass is 572 g/mol. The van der Waals surface area contributed by atoms with Gasteiger partial charge in [-0.25, -0.2) is 13.1 Å². The second kappa shape index (κ2) is 12.8. The Bertz CT molecular complexity index is 1450. The zero-order chi connectivity index (χ0) is 29.6.